The van der Waals surface area contributed by atoms with E-state index in [4.69, 9.17) is 9.94 Å². The lowest BCUT2D eigenvalue weighted by molar-refractivity contribution is -0.147. The maximum Gasteiger partial charge on any atom is 0.328 e. The number of halogens is 1. The van der Waals surface area contributed by atoms with Gasteiger partial charge in [0.1, 0.15) is 19.3 Å². The maximum atomic E-state index is 12.6. The van der Waals surface area contributed by atoms with Crippen LogP contribution in [0.2, 0.25) is 0 Å². The molecular weight excluding hydrogens is 389 g/mol. The highest BCUT2D eigenvalue weighted by molar-refractivity contribution is 5.96. The molecule has 1 amide bonds. The number of hydrogen-bond acceptors (Lipinski definition) is 5. The van der Waals surface area contributed by atoms with Crippen LogP contribution >= 0.6 is 0 Å². The number of unbranched alkanes of at least 4 members (excludes halogenated alkanes) is 1. The first kappa shape index (κ1) is 23.0. The van der Waals surface area contributed by atoms with Crippen molar-refractivity contribution in [1.82, 2.24) is 10.8 Å². The lowest BCUT2D eigenvalue weighted by atomic mass is 10.1. The zero-order valence-corrected chi connectivity index (χ0v) is 16.6. The highest BCUT2D eigenvalue weighted by atomic mass is 19.1. The van der Waals surface area contributed by atoms with Gasteiger partial charge in [-0.1, -0.05) is 48.5 Å². The zero-order chi connectivity index (χ0) is 21.6. The summed E-state index contributed by atoms with van der Waals surface area (Å²) in [6.07, 6.45) is 1.45. The van der Waals surface area contributed by atoms with Gasteiger partial charge < -0.3 is 10.1 Å². The van der Waals surface area contributed by atoms with Crippen LogP contribution in [0.3, 0.4) is 0 Å². The summed E-state index contributed by atoms with van der Waals surface area (Å²) in [4.78, 5) is 28.9. The summed E-state index contributed by atoms with van der Waals surface area (Å²) in [5.74, 6) is -1.03. The number of hydrogen-bond donors (Lipinski definition) is 3. The number of carbonyl (C=O) groups excluding carboxylic acids is 2. The predicted octanol–water partition coefficient (Wildman–Crippen LogP) is 3.05. The van der Waals surface area contributed by atoms with Gasteiger partial charge in [-0.05, 0) is 37.0 Å². The lowest BCUT2D eigenvalue weighted by Gasteiger charge is -2.18. The largest absolute Gasteiger partial charge is 0.459 e. The van der Waals surface area contributed by atoms with Gasteiger partial charge in [0.25, 0.3) is 5.91 Å². The minimum atomic E-state index is -0.891. The molecule has 160 valence electrons. The average molecular weight is 415 g/mol. The van der Waals surface area contributed by atoms with Crippen molar-refractivity contribution < 1.29 is 23.9 Å². The fraction of sp³-hybridized carbons (Fsp3) is 0.318. The molecule has 0 aromatic heterocycles. The first-order chi connectivity index (χ1) is 14.6. The van der Waals surface area contributed by atoms with Crippen LogP contribution in [0.4, 0.5) is 4.39 Å². The standard InChI is InChI=1S/C22H26FN3O4/c23-15-20(26-29)24-14-8-7-13-19(25-21(27)18-11-5-2-6-12-18)22(28)30-16-17-9-3-1-4-10-17/h1-6,9-12,19,29H,7-8,13-16H2,(H,24,26)(H,25,27). The van der Waals surface area contributed by atoms with Crippen LogP contribution in [0.15, 0.2) is 65.7 Å². The maximum absolute atomic E-state index is 12.6. The summed E-state index contributed by atoms with van der Waals surface area (Å²) >= 11 is 0. The molecule has 2 rings (SSSR count). The van der Waals surface area contributed by atoms with Crippen LogP contribution in [0.5, 0.6) is 0 Å². The van der Waals surface area contributed by atoms with Crippen LogP contribution in [-0.4, -0.2) is 42.2 Å². The first-order valence-corrected chi connectivity index (χ1v) is 9.70. The van der Waals surface area contributed by atoms with Crippen LogP contribution in [-0.2, 0) is 16.1 Å². The Bertz CT molecular complexity index is 810. The third-order valence-corrected chi connectivity index (χ3v) is 4.31. The van der Waals surface area contributed by atoms with Crippen molar-refractivity contribution in [2.75, 3.05) is 13.2 Å². The molecule has 0 aliphatic heterocycles. The second kappa shape index (κ2) is 13.1. The summed E-state index contributed by atoms with van der Waals surface area (Å²) in [5.41, 5.74) is 2.99. The fourth-order valence-electron chi connectivity index (χ4n) is 2.69. The predicted molar refractivity (Wildman–Crippen MR) is 111 cm³/mol. The number of carbonyl (C=O) groups is 2. The monoisotopic (exact) mass is 415 g/mol. The van der Waals surface area contributed by atoms with Crippen LogP contribution in [0, 0.1) is 0 Å². The number of alkyl halides is 1. The lowest BCUT2D eigenvalue weighted by Crippen LogP contribution is -2.41. The molecule has 0 fully saturated rings. The molecule has 8 heteroatoms. The van der Waals surface area contributed by atoms with E-state index < -0.39 is 18.7 Å². The van der Waals surface area contributed by atoms with Gasteiger partial charge in [-0.3, -0.25) is 20.5 Å². The molecule has 2 aromatic carbocycles. The number of rotatable bonds is 11. The number of nitrogens with one attached hydrogen (secondary N) is 2. The van der Waals surface area contributed by atoms with Gasteiger partial charge in [-0.2, -0.15) is 0 Å². The van der Waals surface area contributed by atoms with Crippen LogP contribution in [0.25, 0.3) is 0 Å². The van der Waals surface area contributed by atoms with Gasteiger partial charge in [0.15, 0.2) is 5.84 Å². The fourth-order valence-corrected chi connectivity index (χ4v) is 2.69. The van der Waals surface area contributed by atoms with E-state index in [1.807, 2.05) is 30.3 Å². The van der Waals surface area contributed by atoms with Crippen LogP contribution in [0.1, 0.15) is 35.2 Å². The molecule has 1 unspecified atom stereocenters. The van der Waals surface area contributed by atoms with E-state index in [9.17, 15) is 14.0 Å². The number of aliphatic imine (C=N–C) groups is 1. The van der Waals surface area contributed by atoms with Gasteiger partial charge in [0, 0.05) is 12.1 Å². The quantitative estimate of drug-likeness (QED) is 0.172. The molecule has 0 heterocycles. The molecular formula is C22H26FN3O4. The van der Waals surface area contributed by atoms with Crippen molar-refractivity contribution in [3.05, 3.63) is 71.8 Å². The Morgan fingerprint density at radius 1 is 1.03 bits per heavy atom. The van der Waals surface area contributed by atoms with Gasteiger partial charge >= 0.3 is 5.97 Å². The number of amides is 1. The summed E-state index contributed by atoms with van der Waals surface area (Å²) in [7, 11) is 0. The van der Waals surface area contributed by atoms with Crippen molar-refractivity contribution in [2.24, 2.45) is 4.99 Å². The Balaban J connectivity index is 1.93. The molecule has 0 saturated heterocycles. The van der Waals surface area contributed by atoms with Crippen molar-refractivity contribution in [3.8, 4) is 0 Å². The summed E-state index contributed by atoms with van der Waals surface area (Å²) in [6.45, 7) is -0.493. The number of amidine groups is 1. The second-order valence-corrected chi connectivity index (χ2v) is 6.56. The molecule has 1 atom stereocenters. The molecule has 2 aromatic rings. The topological polar surface area (TPSA) is 100 Å². The van der Waals surface area contributed by atoms with Crippen molar-refractivity contribution in [3.63, 3.8) is 0 Å². The van der Waals surface area contributed by atoms with Crippen molar-refractivity contribution >= 4 is 17.7 Å². The molecule has 30 heavy (non-hydrogen) atoms. The Kier molecular flexibility index (Phi) is 10.0. The Morgan fingerprint density at radius 3 is 2.33 bits per heavy atom. The Morgan fingerprint density at radius 2 is 1.70 bits per heavy atom. The van der Waals surface area contributed by atoms with E-state index in [1.165, 1.54) is 0 Å². The molecule has 0 spiro atoms. The molecule has 0 saturated carbocycles. The van der Waals surface area contributed by atoms with E-state index in [0.717, 1.165) is 5.56 Å². The summed E-state index contributed by atoms with van der Waals surface area (Å²) in [6, 6.07) is 17.1. The van der Waals surface area contributed by atoms with E-state index >= 15 is 0 Å². The third kappa shape index (κ3) is 8.00. The highest BCUT2D eigenvalue weighted by Crippen LogP contribution is 2.09. The molecule has 3 N–H and O–H groups in total. The minimum Gasteiger partial charge on any atom is -0.459 e. The number of nitrogens with zero attached hydrogens (tertiary/aromatic N) is 1. The Hall–Kier alpha value is -3.26. The third-order valence-electron chi connectivity index (χ3n) is 4.31. The van der Waals surface area contributed by atoms with Gasteiger partial charge in [-0.25, -0.2) is 9.18 Å². The van der Waals surface area contributed by atoms with Gasteiger partial charge in [0.2, 0.25) is 0 Å². The Labute approximate surface area is 174 Å². The smallest absolute Gasteiger partial charge is 0.328 e. The SMILES string of the molecule is O=C(NC(CCCCN=C(CF)NO)C(=O)OCc1ccccc1)c1ccccc1. The second-order valence-electron chi connectivity index (χ2n) is 6.56. The summed E-state index contributed by atoms with van der Waals surface area (Å²) < 4.78 is 17.9. The van der Waals surface area contributed by atoms with E-state index in [1.54, 1.807) is 35.8 Å². The van der Waals surface area contributed by atoms with Gasteiger partial charge in [0.05, 0.1) is 0 Å². The van der Waals surface area contributed by atoms with Crippen molar-refractivity contribution in [2.45, 2.75) is 31.9 Å². The van der Waals surface area contributed by atoms with Crippen LogP contribution < -0.4 is 10.8 Å². The molecule has 0 aliphatic carbocycles. The first-order valence-electron chi connectivity index (χ1n) is 9.70. The zero-order valence-electron chi connectivity index (χ0n) is 16.6. The number of esters is 1. The van der Waals surface area contributed by atoms with Gasteiger partial charge in [-0.15, -0.1) is 0 Å². The minimum absolute atomic E-state index is 0.115. The molecule has 0 aliphatic rings. The summed E-state index contributed by atoms with van der Waals surface area (Å²) in [5, 5.41) is 11.4. The highest BCUT2D eigenvalue weighted by Gasteiger charge is 2.22. The van der Waals surface area contributed by atoms with E-state index in [-0.39, 0.29) is 24.9 Å². The van der Waals surface area contributed by atoms with E-state index in [2.05, 4.69) is 10.3 Å². The average Bonchev–Trinajstić information content (AvgIpc) is 2.80. The number of ether oxygens (including phenoxy) is 1. The normalized spacial score (nSPS) is 12.1. The molecule has 0 bridgehead atoms. The number of hydroxylamine groups is 1. The van der Waals surface area contributed by atoms with E-state index in [0.29, 0.717) is 24.8 Å². The number of benzene rings is 2. The van der Waals surface area contributed by atoms with Crippen molar-refractivity contribution in [1.29, 1.82) is 0 Å². The molecule has 7 nitrogen and oxygen atoms in total. The molecule has 0 radical (unpaired) electrons.